The minimum absolute atomic E-state index is 0.457. The molecule has 2 aliphatic rings. The summed E-state index contributed by atoms with van der Waals surface area (Å²) in [5, 5.41) is 8.22. The second-order valence-electron chi connectivity index (χ2n) is 5.98. The summed E-state index contributed by atoms with van der Waals surface area (Å²) in [7, 11) is 0. The lowest BCUT2D eigenvalue weighted by Gasteiger charge is -2.28. The summed E-state index contributed by atoms with van der Waals surface area (Å²) < 4.78 is 0. The highest BCUT2D eigenvalue weighted by molar-refractivity contribution is 6.34. The van der Waals surface area contributed by atoms with Crippen molar-refractivity contribution in [2.75, 3.05) is 11.9 Å². The highest BCUT2D eigenvalue weighted by Gasteiger charge is 2.35. The van der Waals surface area contributed by atoms with Crippen LogP contribution in [0, 0.1) is 12.8 Å². The van der Waals surface area contributed by atoms with Crippen LogP contribution in [0.4, 0.5) is 5.69 Å². The molecule has 0 amide bonds. The van der Waals surface area contributed by atoms with Crippen LogP contribution in [-0.4, -0.2) is 23.6 Å². The van der Waals surface area contributed by atoms with E-state index in [-0.39, 0.29) is 0 Å². The molecule has 0 aromatic carbocycles. The minimum Gasteiger partial charge on any atom is -0.379 e. The van der Waals surface area contributed by atoms with Gasteiger partial charge in [-0.25, -0.2) is 4.98 Å². The molecule has 0 radical (unpaired) electrons. The van der Waals surface area contributed by atoms with Gasteiger partial charge in [0.15, 0.2) is 5.15 Å². The molecule has 1 saturated heterocycles. The smallest absolute Gasteiger partial charge is 0.154 e. The van der Waals surface area contributed by atoms with Crippen molar-refractivity contribution in [1.29, 1.82) is 0 Å². The van der Waals surface area contributed by atoms with Crippen molar-refractivity contribution in [3.8, 4) is 0 Å². The number of rotatable bonds is 3. The van der Waals surface area contributed by atoms with Gasteiger partial charge in [-0.2, -0.15) is 0 Å². The molecule has 110 valence electrons. The van der Waals surface area contributed by atoms with Gasteiger partial charge in [0.25, 0.3) is 0 Å². The van der Waals surface area contributed by atoms with E-state index in [1.54, 1.807) is 0 Å². The lowest BCUT2D eigenvalue weighted by Crippen LogP contribution is -2.38. The number of hydrogen-bond acceptors (Lipinski definition) is 3. The van der Waals surface area contributed by atoms with Crippen LogP contribution in [0.25, 0.3) is 0 Å². The molecule has 3 rings (SSSR count). The van der Waals surface area contributed by atoms with Crippen LogP contribution in [0.3, 0.4) is 0 Å². The first-order valence-electron chi connectivity index (χ1n) is 7.47. The van der Waals surface area contributed by atoms with Crippen LogP contribution >= 0.6 is 23.2 Å². The fourth-order valence-corrected chi connectivity index (χ4v) is 4.27. The van der Waals surface area contributed by atoms with Gasteiger partial charge in [0.1, 0.15) is 5.15 Å². The van der Waals surface area contributed by atoms with Gasteiger partial charge < -0.3 is 10.6 Å². The van der Waals surface area contributed by atoms with Crippen LogP contribution in [0.15, 0.2) is 6.07 Å². The van der Waals surface area contributed by atoms with Crippen LogP contribution in [0.2, 0.25) is 10.3 Å². The molecule has 0 spiro atoms. The first kappa shape index (κ1) is 14.4. The largest absolute Gasteiger partial charge is 0.379 e. The monoisotopic (exact) mass is 313 g/mol. The third-order valence-corrected chi connectivity index (χ3v) is 5.12. The normalized spacial score (nSPS) is 29.9. The lowest BCUT2D eigenvalue weighted by atomic mass is 9.93. The Hall–Kier alpha value is -0.510. The second kappa shape index (κ2) is 6.08. The molecule has 2 N–H and O–H groups in total. The van der Waals surface area contributed by atoms with E-state index in [1.165, 1.54) is 32.1 Å². The number of aromatic nitrogens is 1. The van der Waals surface area contributed by atoms with Crippen molar-refractivity contribution in [3.05, 3.63) is 21.9 Å². The van der Waals surface area contributed by atoms with E-state index in [9.17, 15) is 0 Å². The Balaban J connectivity index is 1.76. The van der Waals surface area contributed by atoms with E-state index in [1.807, 2.05) is 13.0 Å². The average Bonchev–Trinajstić information content (AvgIpc) is 3.04. The Morgan fingerprint density at radius 3 is 2.80 bits per heavy atom. The number of anilines is 1. The fourth-order valence-electron chi connectivity index (χ4n) is 3.68. The van der Waals surface area contributed by atoms with E-state index in [0.29, 0.717) is 28.3 Å². The van der Waals surface area contributed by atoms with Crippen LogP contribution in [0.1, 0.15) is 37.7 Å². The quantitative estimate of drug-likeness (QED) is 0.827. The van der Waals surface area contributed by atoms with Gasteiger partial charge in [-0.3, -0.25) is 0 Å². The van der Waals surface area contributed by atoms with E-state index >= 15 is 0 Å². The summed E-state index contributed by atoms with van der Waals surface area (Å²) in [6.07, 6.45) is 6.40. The first-order chi connectivity index (χ1) is 9.65. The lowest BCUT2D eigenvalue weighted by molar-refractivity contribution is 0.376. The predicted octanol–water partition coefficient (Wildman–Crippen LogP) is 4.03. The zero-order valence-corrected chi connectivity index (χ0v) is 13.3. The van der Waals surface area contributed by atoms with Crippen LogP contribution in [0.5, 0.6) is 0 Å². The van der Waals surface area contributed by atoms with E-state index in [2.05, 4.69) is 15.6 Å². The number of nitrogens with one attached hydrogen (secondary N) is 2. The topological polar surface area (TPSA) is 37.0 Å². The molecule has 1 saturated carbocycles. The Bertz CT molecular complexity index is 463. The predicted molar refractivity (Wildman–Crippen MR) is 84.8 cm³/mol. The molecule has 2 fully saturated rings. The van der Waals surface area contributed by atoms with Gasteiger partial charge in [-0.05, 0) is 56.7 Å². The Morgan fingerprint density at radius 2 is 2.10 bits per heavy atom. The van der Waals surface area contributed by atoms with E-state index in [4.69, 9.17) is 23.2 Å². The molecule has 20 heavy (non-hydrogen) atoms. The SMILES string of the molecule is Cc1cc(Cl)nc(Cl)c1NC1CCCC1C1CCCN1. The van der Waals surface area contributed by atoms with Gasteiger partial charge in [0, 0.05) is 12.1 Å². The summed E-state index contributed by atoms with van der Waals surface area (Å²) in [4.78, 5) is 4.15. The number of nitrogens with zero attached hydrogens (tertiary/aromatic N) is 1. The molecular weight excluding hydrogens is 293 g/mol. The highest BCUT2D eigenvalue weighted by Crippen LogP contribution is 2.36. The van der Waals surface area contributed by atoms with E-state index < -0.39 is 0 Å². The zero-order valence-electron chi connectivity index (χ0n) is 11.8. The molecule has 2 heterocycles. The number of hydrogen-bond donors (Lipinski definition) is 2. The molecule has 3 atom stereocenters. The van der Waals surface area contributed by atoms with Gasteiger partial charge >= 0.3 is 0 Å². The maximum Gasteiger partial charge on any atom is 0.154 e. The fraction of sp³-hybridized carbons (Fsp3) is 0.667. The first-order valence-corrected chi connectivity index (χ1v) is 8.23. The molecule has 1 aromatic rings. The van der Waals surface area contributed by atoms with Gasteiger partial charge in [-0.1, -0.05) is 29.6 Å². The number of pyridine rings is 1. The van der Waals surface area contributed by atoms with Crippen molar-refractivity contribution in [1.82, 2.24) is 10.3 Å². The molecule has 1 aromatic heterocycles. The molecule has 1 aliphatic carbocycles. The summed E-state index contributed by atoms with van der Waals surface area (Å²) in [6.45, 7) is 3.19. The molecule has 1 aliphatic heterocycles. The number of aryl methyl sites for hydroxylation is 1. The zero-order chi connectivity index (χ0) is 14.1. The molecule has 5 heteroatoms. The number of halogens is 2. The molecular formula is C15H21Cl2N3. The minimum atomic E-state index is 0.457. The second-order valence-corrected chi connectivity index (χ2v) is 6.72. The van der Waals surface area contributed by atoms with Crippen molar-refractivity contribution >= 4 is 28.9 Å². The highest BCUT2D eigenvalue weighted by atomic mass is 35.5. The van der Waals surface area contributed by atoms with Gasteiger partial charge in [0.2, 0.25) is 0 Å². The van der Waals surface area contributed by atoms with Crippen molar-refractivity contribution in [2.45, 2.75) is 51.1 Å². The molecule has 3 unspecified atom stereocenters. The van der Waals surface area contributed by atoms with Crippen molar-refractivity contribution in [3.63, 3.8) is 0 Å². The van der Waals surface area contributed by atoms with Gasteiger partial charge in [-0.15, -0.1) is 0 Å². The Morgan fingerprint density at radius 1 is 1.25 bits per heavy atom. The third kappa shape index (κ3) is 2.90. The maximum atomic E-state index is 6.25. The summed E-state index contributed by atoms with van der Waals surface area (Å²) in [5.74, 6) is 0.698. The average molecular weight is 314 g/mol. The van der Waals surface area contributed by atoms with Crippen molar-refractivity contribution in [2.24, 2.45) is 5.92 Å². The standard InChI is InChI=1S/C15H21Cl2N3/c1-9-8-13(16)20-15(17)14(9)19-12-5-2-4-10(12)11-6-3-7-18-11/h8,10-12,18-19H,2-7H2,1H3. The molecule has 0 bridgehead atoms. The maximum absolute atomic E-state index is 6.25. The summed E-state index contributed by atoms with van der Waals surface area (Å²) in [5.41, 5.74) is 2.02. The van der Waals surface area contributed by atoms with Gasteiger partial charge in [0.05, 0.1) is 5.69 Å². The van der Waals surface area contributed by atoms with E-state index in [0.717, 1.165) is 17.8 Å². The van der Waals surface area contributed by atoms with Crippen LogP contribution in [-0.2, 0) is 0 Å². The Kier molecular flexibility index (Phi) is 4.39. The van der Waals surface area contributed by atoms with Crippen molar-refractivity contribution < 1.29 is 0 Å². The third-order valence-electron chi connectivity index (χ3n) is 4.66. The summed E-state index contributed by atoms with van der Waals surface area (Å²) in [6, 6.07) is 3.02. The van der Waals surface area contributed by atoms with Crippen LogP contribution < -0.4 is 10.6 Å². The molecule has 3 nitrogen and oxygen atoms in total. The summed E-state index contributed by atoms with van der Waals surface area (Å²) >= 11 is 12.2. The Labute approximate surface area is 130 Å².